The van der Waals surface area contributed by atoms with E-state index in [1.54, 1.807) is 53.9 Å². The molecule has 9 nitrogen and oxygen atoms in total. The maximum atomic E-state index is 13.9. The number of nitrogens with one attached hydrogen (secondary N) is 2. The van der Waals surface area contributed by atoms with Crippen molar-refractivity contribution in [2.24, 2.45) is 0 Å². The number of methoxy groups -OCH3 is 2. The lowest BCUT2D eigenvalue weighted by atomic mass is 9.98. The zero-order valence-corrected chi connectivity index (χ0v) is 23.5. The van der Waals surface area contributed by atoms with Crippen LogP contribution in [0, 0.1) is 0 Å². The smallest absolute Gasteiger partial charge is 0.337 e. The Kier molecular flexibility index (Phi) is 9.84. The van der Waals surface area contributed by atoms with E-state index in [4.69, 9.17) is 9.47 Å². The van der Waals surface area contributed by atoms with Crippen molar-refractivity contribution in [3.05, 3.63) is 82.0 Å². The Bertz CT molecular complexity index is 1300. The molecule has 1 aromatic heterocycles. The Morgan fingerprint density at radius 3 is 2.31 bits per heavy atom. The topological polar surface area (TPSA) is 114 Å². The van der Waals surface area contributed by atoms with Crippen molar-refractivity contribution >= 4 is 40.7 Å². The van der Waals surface area contributed by atoms with Gasteiger partial charge in [-0.15, -0.1) is 11.3 Å². The summed E-state index contributed by atoms with van der Waals surface area (Å²) in [6.45, 7) is 5.38. The average molecular weight is 552 g/mol. The number of rotatable bonds is 11. The van der Waals surface area contributed by atoms with Crippen molar-refractivity contribution < 1.29 is 28.7 Å². The molecule has 0 bridgehead atoms. The molecule has 3 aromatic rings. The first-order chi connectivity index (χ1) is 18.6. The maximum Gasteiger partial charge on any atom is 0.337 e. The van der Waals surface area contributed by atoms with Crippen LogP contribution in [0.5, 0.6) is 5.75 Å². The standard InChI is InChI=1S/C29H33N3O6S/c1-6-29(2,3)31-27(35)25(20-9-7-10-22(17-20)37-4)32(21-14-12-19(13-15-21)28(36)38-5)24(33)18-30-26(34)23-11-8-16-39-23/h7-17,25H,6,18H2,1-5H3,(H,30,34)(H,31,35). The van der Waals surface area contributed by atoms with Crippen LogP contribution in [0.3, 0.4) is 0 Å². The molecule has 206 valence electrons. The summed E-state index contributed by atoms with van der Waals surface area (Å²) < 4.78 is 10.2. The highest BCUT2D eigenvalue weighted by molar-refractivity contribution is 7.12. The van der Waals surface area contributed by atoms with Crippen molar-refractivity contribution in [3.8, 4) is 5.75 Å². The van der Waals surface area contributed by atoms with Gasteiger partial charge in [-0.2, -0.15) is 0 Å². The van der Waals surface area contributed by atoms with Gasteiger partial charge in [-0.3, -0.25) is 19.3 Å². The fourth-order valence-corrected chi connectivity index (χ4v) is 4.41. The van der Waals surface area contributed by atoms with Crippen LogP contribution in [0.15, 0.2) is 66.0 Å². The summed E-state index contributed by atoms with van der Waals surface area (Å²) in [5.74, 6) is -1.35. The molecule has 0 radical (unpaired) electrons. The third-order valence-corrected chi connectivity index (χ3v) is 7.11. The molecule has 2 aromatic carbocycles. The van der Waals surface area contributed by atoms with Gasteiger partial charge < -0.3 is 20.1 Å². The summed E-state index contributed by atoms with van der Waals surface area (Å²) in [7, 11) is 2.80. The lowest BCUT2D eigenvalue weighted by Crippen LogP contribution is -2.52. The van der Waals surface area contributed by atoms with Crippen molar-refractivity contribution in [3.63, 3.8) is 0 Å². The highest BCUT2D eigenvalue weighted by Crippen LogP contribution is 2.31. The molecule has 0 saturated carbocycles. The largest absolute Gasteiger partial charge is 0.497 e. The van der Waals surface area contributed by atoms with E-state index in [9.17, 15) is 19.2 Å². The number of carbonyl (C=O) groups excluding carboxylic acids is 4. The first-order valence-electron chi connectivity index (χ1n) is 12.4. The highest BCUT2D eigenvalue weighted by atomic mass is 32.1. The second kappa shape index (κ2) is 13.1. The van der Waals surface area contributed by atoms with E-state index < -0.39 is 35.3 Å². The van der Waals surface area contributed by atoms with Gasteiger partial charge in [-0.05, 0) is 73.7 Å². The van der Waals surface area contributed by atoms with E-state index in [1.807, 2.05) is 20.8 Å². The van der Waals surface area contributed by atoms with E-state index in [0.717, 1.165) is 0 Å². The van der Waals surface area contributed by atoms with Crippen LogP contribution in [0.4, 0.5) is 5.69 Å². The van der Waals surface area contributed by atoms with Crippen LogP contribution in [0.25, 0.3) is 0 Å². The summed E-state index contributed by atoms with van der Waals surface area (Å²) in [5, 5.41) is 7.46. The van der Waals surface area contributed by atoms with Gasteiger partial charge in [0.1, 0.15) is 11.8 Å². The molecule has 0 fully saturated rings. The molecule has 10 heteroatoms. The number of ether oxygens (including phenoxy) is 2. The van der Waals surface area contributed by atoms with Gasteiger partial charge in [0.05, 0.1) is 31.2 Å². The second-order valence-corrected chi connectivity index (χ2v) is 10.3. The number of thiophene rings is 1. The van der Waals surface area contributed by atoms with E-state index in [0.29, 0.717) is 28.3 Å². The molecule has 0 spiro atoms. The molecular weight excluding hydrogens is 518 g/mol. The zero-order valence-electron chi connectivity index (χ0n) is 22.6. The average Bonchev–Trinajstić information content (AvgIpc) is 3.49. The molecule has 0 aliphatic carbocycles. The summed E-state index contributed by atoms with van der Waals surface area (Å²) in [6.07, 6.45) is 0.655. The molecule has 3 rings (SSSR count). The van der Waals surface area contributed by atoms with Crippen molar-refractivity contribution in [2.75, 3.05) is 25.7 Å². The van der Waals surface area contributed by atoms with Crippen LogP contribution in [-0.2, 0) is 14.3 Å². The lowest BCUT2D eigenvalue weighted by Gasteiger charge is -2.35. The normalized spacial score (nSPS) is 11.7. The minimum absolute atomic E-state index is 0.286. The predicted molar refractivity (Wildman–Crippen MR) is 150 cm³/mol. The molecule has 1 unspecified atom stereocenters. The molecule has 39 heavy (non-hydrogen) atoms. The molecule has 1 heterocycles. The van der Waals surface area contributed by atoms with Crippen LogP contribution < -0.4 is 20.3 Å². The van der Waals surface area contributed by atoms with Gasteiger partial charge in [0.25, 0.3) is 5.91 Å². The number of anilines is 1. The van der Waals surface area contributed by atoms with Gasteiger partial charge in [-0.1, -0.05) is 25.1 Å². The quantitative estimate of drug-likeness (QED) is 0.343. The SMILES string of the molecule is CCC(C)(C)NC(=O)C(c1cccc(OC)c1)N(C(=O)CNC(=O)c1cccs1)c1ccc(C(=O)OC)cc1. The van der Waals surface area contributed by atoms with Gasteiger partial charge in [-0.25, -0.2) is 4.79 Å². The Labute approximate surface area is 232 Å². The monoisotopic (exact) mass is 551 g/mol. The van der Waals surface area contributed by atoms with E-state index in [1.165, 1.54) is 42.6 Å². The van der Waals surface area contributed by atoms with Crippen LogP contribution in [0.1, 0.15) is 58.8 Å². The number of amides is 3. The summed E-state index contributed by atoms with van der Waals surface area (Å²) in [6, 6.07) is 15.4. The number of carbonyl (C=O) groups is 4. The predicted octanol–water partition coefficient (Wildman–Crippen LogP) is 4.35. The molecule has 0 aliphatic heterocycles. The number of esters is 1. The molecule has 3 amide bonds. The van der Waals surface area contributed by atoms with E-state index >= 15 is 0 Å². The van der Waals surface area contributed by atoms with E-state index in [-0.39, 0.29) is 12.1 Å². The number of hydrogen-bond donors (Lipinski definition) is 2. The first-order valence-corrected chi connectivity index (χ1v) is 13.3. The minimum atomic E-state index is -1.11. The van der Waals surface area contributed by atoms with Gasteiger partial charge >= 0.3 is 5.97 Å². The fraction of sp³-hybridized carbons (Fsp3) is 0.310. The summed E-state index contributed by atoms with van der Waals surface area (Å²) in [5.41, 5.74) is 0.601. The Hall–Kier alpha value is -4.18. The van der Waals surface area contributed by atoms with Crippen molar-refractivity contribution in [1.82, 2.24) is 10.6 Å². The minimum Gasteiger partial charge on any atom is -0.497 e. The third-order valence-electron chi connectivity index (χ3n) is 6.24. The lowest BCUT2D eigenvalue weighted by molar-refractivity contribution is -0.127. The Morgan fingerprint density at radius 1 is 1.00 bits per heavy atom. The molecule has 1 atom stereocenters. The molecule has 0 saturated heterocycles. The maximum absolute atomic E-state index is 13.9. The molecule has 0 aliphatic rings. The first kappa shape index (κ1) is 29.4. The van der Waals surface area contributed by atoms with E-state index in [2.05, 4.69) is 10.6 Å². The second-order valence-electron chi connectivity index (χ2n) is 9.37. The van der Waals surface area contributed by atoms with Crippen molar-refractivity contribution in [1.29, 1.82) is 0 Å². The Morgan fingerprint density at radius 2 is 1.72 bits per heavy atom. The fourth-order valence-electron chi connectivity index (χ4n) is 3.77. The van der Waals surface area contributed by atoms with Gasteiger partial charge in [0.2, 0.25) is 11.8 Å². The van der Waals surface area contributed by atoms with Crippen LogP contribution in [-0.4, -0.2) is 50.0 Å². The van der Waals surface area contributed by atoms with Gasteiger partial charge in [0.15, 0.2) is 0 Å². The van der Waals surface area contributed by atoms with Crippen molar-refractivity contribution in [2.45, 2.75) is 38.8 Å². The van der Waals surface area contributed by atoms with Crippen LogP contribution in [0.2, 0.25) is 0 Å². The number of benzene rings is 2. The van der Waals surface area contributed by atoms with Gasteiger partial charge in [0, 0.05) is 11.2 Å². The highest BCUT2D eigenvalue weighted by Gasteiger charge is 2.35. The molecular formula is C29H33N3O6S. The molecule has 2 N–H and O–H groups in total. The number of nitrogens with zero attached hydrogens (tertiary/aromatic N) is 1. The number of hydrogen-bond acceptors (Lipinski definition) is 7. The Balaban J connectivity index is 2.08. The van der Waals surface area contributed by atoms with Crippen LogP contribution >= 0.6 is 11.3 Å². The summed E-state index contributed by atoms with van der Waals surface area (Å²) >= 11 is 1.26. The third kappa shape index (κ3) is 7.44. The summed E-state index contributed by atoms with van der Waals surface area (Å²) in [4.78, 5) is 54.1. The zero-order chi connectivity index (χ0) is 28.6.